The Labute approximate surface area is 359 Å². The van der Waals surface area contributed by atoms with Crippen LogP contribution in [0.15, 0.2) is 191 Å². The predicted octanol–water partition coefficient (Wildman–Crippen LogP) is 17.1. The van der Waals surface area contributed by atoms with Crippen LogP contribution in [-0.4, -0.2) is 0 Å². The molecule has 0 amide bonds. The van der Waals surface area contributed by atoms with Gasteiger partial charge in [-0.25, -0.2) is 0 Å². The number of hydrogen-bond donors (Lipinski definition) is 0. The first kappa shape index (κ1) is 36.1. The summed E-state index contributed by atoms with van der Waals surface area (Å²) in [6.07, 6.45) is 0. The first-order chi connectivity index (χ1) is 30.3. The molecule has 0 unspecified atom stereocenters. The van der Waals surface area contributed by atoms with Gasteiger partial charge in [0.25, 0.3) is 0 Å². The number of furan rings is 2. The van der Waals surface area contributed by atoms with Crippen LogP contribution in [0.3, 0.4) is 0 Å². The van der Waals surface area contributed by atoms with E-state index in [4.69, 9.17) is 8.83 Å². The number of rotatable bonds is 6. The van der Waals surface area contributed by atoms with Crippen molar-refractivity contribution in [2.75, 3.05) is 9.80 Å². The number of hydrogen-bond acceptors (Lipinski definition) is 4. The minimum absolute atomic E-state index is 0.865. The van der Waals surface area contributed by atoms with Crippen LogP contribution in [0.4, 0.5) is 34.1 Å². The fourth-order valence-electron chi connectivity index (χ4n) is 9.35. The lowest BCUT2D eigenvalue weighted by molar-refractivity contribution is 0.669. The smallest absolute Gasteiger partial charge is 0.136 e. The molecule has 2 aromatic heterocycles. The highest BCUT2D eigenvalue weighted by Crippen LogP contribution is 2.42. The highest BCUT2D eigenvalue weighted by atomic mass is 16.3. The summed E-state index contributed by atoms with van der Waals surface area (Å²) in [7, 11) is 0. The maximum atomic E-state index is 6.65. The molecule has 0 spiro atoms. The van der Waals surface area contributed by atoms with Crippen molar-refractivity contribution in [1.29, 1.82) is 0 Å². The average molecular weight is 799 g/mol. The van der Waals surface area contributed by atoms with E-state index in [-0.39, 0.29) is 0 Å². The zero-order valence-electron chi connectivity index (χ0n) is 35.0. The Hall–Kier alpha value is -7.82. The van der Waals surface area contributed by atoms with Crippen molar-refractivity contribution in [2.45, 2.75) is 27.7 Å². The lowest BCUT2D eigenvalue weighted by Gasteiger charge is -2.26. The number of anilines is 6. The minimum Gasteiger partial charge on any atom is -0.456 e. The molecule has 2 heterocycles. The van der Waals surface area contributed by atoms with Gasteiger partial charge in [-0.3, -0.25) is 0 Å². The van der Waals surface area contributed by atoms with Crippen molar-refractivity contribution < 1.29 is 8.83 Å². The molecule has 0 bridgehead atoms. The Morgan fingerprint density at radius 2 is 0.581 bits per heavy atom. The Balaban J connectivity index is 0.943. The maximum absolute atomic E-state index is 6.65. The van der Waals surface area contributed by atoms with Crippen molar-refractivity contribution in [2.24, 2.45) is 0 Å². The molecule has 0 aliphatic carbocycles. The van der Waals surface area contributed by atoms with Crippen LogP contribution in [0, 0.1) is 27.7 Å². The summed E-state index contributed by atoms with van der Waals surface area (Å²) in [5.74, 6) is 0. The lowest BCUT2D eigenvalue weighted by Crippen LogP contribution is -2.10. The largest absolute Gasteiger partial charge is 0.456 e. The molecular formula is C58H42N2O2. The lowest BCUT2D eigenvalue weighted by atomic mass is 10.0. The molecule has 62 heavy (non-hydrogen) atoms. The van der Waals surface area contributed by atoms with Crippen LogP contribution in [0.2, 0.25) is 0 Å². The second-order valence-corrected chi connectivity index (χ2v) is 17.0. The molecule has 0 radical (unpaired) electrons. The summed E-state index contributed by atoms with van der Waals surface area (Å²) >= 11 is 0. The molecule has 0 saturated heterocycles. The van der Waals surface area contributed by atoms with Gasteiger partial charge in [0.15, 0.2) is 0 Å². The van der Waals surface area contributed by atoms with E-state index in [9.17, 15) is 0 Å². The summed E-state index contributed by atoms with van der Waals surface area (Å²) in [6.45, 7) is 8.54. The number of fused-ring (bicyclic) bond motifs is 9. The van der Waals surface area contributed by atoms with Crippen molar-refractivity contribution >= 4 is 110 Å². The molecule has 0 atom stereocenters. The molecular weight excluding hydrogens is 757 g/mol. The normalized spacial score (nSPS) is 11.9. The third kappa shape index (κ3) is 6.06. The molecule has 12 aromatic rings. The van der Waals surface area contributed by atoms with Gasteiger partial charge < -0.3 is 18.6 Å². The van der Waals surface area contributed by atoms with E-state index >= 15 is 0 Å². The van der Waals surface area contributed by atoms with Gasteiger partial charge in [0, 0.05) is 55.7 Å². The van der Waals surface area contributed by atoms with Crippen LogP contribution in [0.1, 0.15) is 22.3 Å². The molecule has 4 nitrogen and oxygen atoms in total. The van der Waals surface area contributed by atoms with Crippen molar-refractivity contribution in [3.05, 3.63) is 204 Å². The number of benzene rings is 10. The van der Waals surface area contributed by atoms with Crippen molar-refractivity contribution in [3.8, 4) is 0 Å². The van der Waals surface area contributed by atoms with E-state index in [1.807, 2.05) is 0 Å². The van der Waals surface area contributed by atoms with E-state index in [0.717, 1.165) is 99.5 Å². The van der Waals surface area contributed by atoms with Gasteiger partial charge >= 0.3 is 0 Å². The van der Waals surface area contributed by atoms with Crippen LogP contribution in [-0.2, 0) is 0 Å². The molecule has 12 rings (SSSR count). The standard InChI is InChI=1S/C58H42N2O2/c1-35-11-17-45(18-12-35)59(47-9-5-7-37(3)23-47)49-21-15-39-27-51-53-29-43-30-54-52-28-40-16-22-50(60(46-19-13-36(2)14-20-46)48-10-6-8-38(4)24-48)26-42(40)32-56(52)62-58(54)34-44(43)33-57(53)61-55(51)31-41(39)25-49/h5-34H,1-4H3. The maximum Gasteiger partial charge on any atom is 0.136 e. The highest BCUT2D eigenvalue weighted by Gasteiger charge is 2.18. The average Bonchev–Trinajstić information content (AvgIpc) is 3.80. The van der Waals surface area contributed by atoms with Crippen molar-refractivity contribution in [3.63, 3.8) is 0 Å². The molecule has 4 heteroatoms. The summed E-state index contributed by atoms with van der Waals surface area (Å²) in [5.41, 5.74) is 15.1. The quantitative estimate of drug-likeness (QED) is 0.168. The molecule has 0 aliphatic heterocycles. The molecule has 0 fully saturated rings. The summed E-state index contributed by atoms with van der Waals surface area (Å²) in [4.78, 5) is 4.65. The van der Waals surface area contributed by atoms with Gasteiger partial charge in [0.2, 0.25) is 0 Å². The van der Waals surface area contributed by atoms with E-state index in [1.165, 1.54) is 33.0 Å². The SMILES string of the molecule is Cc1ccc(N(c2cccc(C)c2)c2ccc3cc4c(cc3c2)oc2cc3cc5oc6cc7cc(N(c8ccc(C)cc8)c8cccc(C)c8)ccc7cc6c5cc3cc24)cc1. The van der Waals surface area contributed by atoms with Crippen LogP contribution in [0.25, 0.3) is 76.2 Å². The van der Waals surface area contributed by atoms with Gasteiger partial charge in [-0.1, -0.05) is 71.8 Å². The van der Waals surface area contributed by atoms with Crippen molar-refractivity contribution in [1.82, 2.24) is 0 Å². The Kier molecular flexibility index (Phi) is 8.07. The van der Waals surface area contributed by atoms with Gasteiger partial charge in [0.05, 0.1) is 0 Å². The minimum atomic E-state index is 0.865. The third-order valence-corrected chi connectivity index (χ3v) is 12.5. The number of aryl methyl sites for hydroxylation is 4. The zero-order valence-corrected chi connectivity index (χ0v) is 35.0. The number of nitrogens with zero attached hydrogens (tertiary/aromatic N) is 2. The topological polar surface area (TPSA) is 32.8 Å². The summed E-state index contributed by atoms with van der Waals surface area (Å²) in [5, 5.41) is 11.3. The third-order valence-electron chi connectivity index (χ3n) is 12.5. The van der Waals surface area contributed by atoms with E-state index in [1.54, 1.807) is 0 Å². The van der Waals surface area contributed by atoms with E-state index < -0.39 is 0 Å². The molecule has 0 aliphatic rings. The zero-order chi connectivity index (χ0) is 41.6. The summed E-state index contributed by atoms with van der Waals surface area (Å²) in [6, 6.07) is 66.1. The first-order valence-corrected chi connectivity index (χ1v) is 21.3. The van der Waals surface area contributed by atoms with E-state index in [0.29, 0.717) is 0 Å². The van der Waals surface area contributed by atoms with Crippen LogP contribution >= 0.6 is 0 Å². The second kappa shape index (κ2) is 13.9. The molecule has 10 aromatic carbocycles. The second-order valence-electron chi connectivity index (χ2n) is 17.0. The molecule has 0 saturated carbocycles. The fourth-order valence-corrected chi connectivity index (χ4v) is 9.35. The Morgan fingerprint density at radius 3 is 0.968 bits per heavy atom. The van der Waals surface area contributed by atoms with E-state index in [2.05, 4.69) is 219 Å². The molecule has 0 N–H and O–H groups in total. The monoisotopic (exact) mass is 798 g/mol. The Bertz CT molecular complexity index is 3500. The highest BCUT2D eigenvalue weighted by molar-refractivity contribution is 6.18. The van der Waals surface area contributed by atoms with Crippen LogP contribution < -0.4 is 9.80 Å². The van der Waals surface area contributed by atoms with Gasteiger partial charge in [-0.2, -0.15) is 0 Å². The van der Waals surface area contributed by atoms with Gasteiger partial charge in [-0.05, 0) is 192 Å². The molecule has 296 valence electrons. The predicted molar refractivity (Wildman–Crippen MR) is 262 cm³/mol. The Morgan fingerprint density at radius 1 is 0.258 bits per heavy atom. The fraction of sp³-hybridized carbons (Fsp3) is 0.0690. The summed E-state index contributed by atoms with van der Waals surface area (Å²) < 4.78 is 13.3. The van der Waals surface area contributed by atoms with Crippen LogP contribution in [0.5, 0.6) is 0 Å². The van der Waals surface area contributed by atoms with Gasteiger partial charge in [0.1, 0.15) is 22.3 Å². The first-order valence-electron chi connectivity index (χ1n) is 21.3. The van der Waals surface area contributed by atoms with Gasteiger partial charge in [-0.15, -0.1) is 0 Å².